The molecule has 5 nitrogen and oxygen atoms in total. The Balaban J connectivity index is 0.00000180. The zero-order valence-electron chi connectivity index (χ0n) is 11.1. The number of urea groups is 1. The van der Waals surface area contributed by atoms with Crippen molar-refractivity contribution in [3.05, 3.63) is 36.9 Å². The first-order valence-electron chi connectivity index (χ1n) is 5.81. The summed E-state index contributed by atoms with van der Waals surface area (Å²) in [6, 6.07) is 9.47. The van der Waals surface area contributed by atoms with Crippen molar-refractivity contribution in [1.82, 2.24) is 10.2 Å². The molecular formula is C13H15KN4O. The minimum atomic E-state index is -0.130. The van der Waals surface area contributed by atoms with Gasteiger partial charge in [0.05, 0.1) is 11.6 Å². The third-order valence-electron chi connectivity index (χ3n) is 3.08. The van der Waals surface area contributed by atoms with Crippen LogP contribution in [0.2, 0.25) is 0 Å². The second-order valence-corrected chi connectivity index (χ2v) is 4.11. The van der Waals surface area contributed by atoms with Gasteiger partial charge in [0.15, 0.2) is 0 Å². The van der Waals surface area contributed by atoms with Gasteiger partial charge in [-0.3, -0.25) is 11.8 Å². The molecule has 2 amide bonds. The molecule has 1 N–H and O–H groups in total. The first kappa shape index (κ1) is 16.5. The van der Waals surface area contributed by atoms with E-state index in [4.69, 9.17) is 5.26 Å². The number of hydrogen-bond acceptors (Lipinski definition) is 3. The van der Waals surface area contributed by atoms with Crippen molar-refractivity contribution in [2.75, 3.05) is 31.1 Å². The fraction of sp³-hybridized carbons (Fsp3) is 0.308. The maximum atomic E-state index is 11.4. The molecule has 1 aliphatic heterocycles. The molecule has 2 rings (SSSR count). The summed E-state index contributed by atoms with van der Waals surface area (Å²) in [5, 5.41) is 11.1. The van der Waals surface area contributed by atoms with E-state index in [2.05, 4.69) is 23.3 Å². The molecule has 0 aromatic heterocycles. The monoisotopic (exact) mass is 282 g/mol. The van der Waals surface area contributed by atoms with Crippen molar-refractivity contribution >= 4 is 11.7 Å². The third-order valence-corrected chi connectivity index (χ3v) is 3.08. The van der Waals surface area contributed by atoms with Gasteiger partial charge in [-0.1, -0.05) is 0 Å². The Morgan fingerprint density at radius 3 is 2.26 bits per heavy atom. The van der Waals surface area contributed by atoms with Gasteiger partial charge in [0.25, 0.3) is 6.03 Å². The summed E-state index contributed by atoms with van der Waals surface area (Å²) in [5.74, 6) is 0. The summed E-state index contributed by atoms with van der Waals surface area (Å²) >= 11 is 0. The molecule has 1 aromatic rings. The molecule has 0 atom stereocenters. The molecule has 0 spiro atoms. The summed E-state index contributed by atoms with van der Waals surface area (Å²) in [7, 11) is 3.37. The summed E-state index contributed by atoms with van der Waals surface area (Å²) in [6.45, 7) is 2.95. The maximum Gasteiger partial charge on any atom is 1.00 e. The molecule has 1 saturated heterocycles. The van der Waals surface area contributed by atoms with Crippen LogP contribution in [0.1, 0.15) is 5.56 Å². The largest absolute Gasteiger partial charge is 1.00 e. The van der Waals surface area contributed by atoms with Gasteiger partial charge in [-0.15, -0.1) is 0 Å². The predicted octanol–water partition coefficient (Wildman–Crippen LogP) is -1.81. The minimum Gasteiger partial charge on any atom is -0.490 e. The summed E-state index contributed by atoms with van der Waals surface area (Å²) in [5.41, 5.74) is 1.75. The van der Waals surface area contributed by atoms with Crippen molar-refractivity contribution in [1.29, 1.82) is 5.26 Å². The predicted molar refractivity (Wildman–Crippen MR) is 68.8 cm³/mol. The molecule has 94 valence electrons. The number of carbonyl (C=O) groups is 1. The zero-order valence-corrected chi connectivity index (χ0v) is 14.2. The van der Waals surface area contributed by atoms with Crippen molar-refractivity contribution in [2.24, 2.45) is 0 Å². The van der Waals surface area contributed by atoms with Gasteiger partial charge < -0.3 is 15.1 Å². The molecule has 6 heteroatoms. The van der Waals surface area contributed by atoms with E-state index >= 15 is 0 Å². The van der Waals surface area contributed by atoms with E-state index in [0.29, 0.717) is 18.7 Å². The second kappa shape index (κ2) is 7.87. The van der Waals surface area contributed by atoms with Crippen LogP contribution in [0.25, 0.3) is 0 Å². The molecule has 1 aliphatic rings. The van der Waals surface area contributed by atoms with E-state index < -0.39 is 0 Å². The van der Waals surface area contributed by atoms with Gasteiger partial charge in [-0.2, -0.15) is 5.26 Å². The van der Waals surface area contributed by atoms with Crippen LogP contribution < -0.4 is 61.6 Å². The Kier molecular flexibility index (Phi) is 6.83. The van der Waals surface area contributed by atoms with Crippen LogP contribution in [0.3, 0.4) is 0 Å². The van der Waals surface area contributed by atoms with Gasteiger partial charge in [-0.05, 0) is 24.3 Å². The van der Waals surface area contributed by atoms with E-state index in [1.807, 2.05) is 24.3 Å². The molecule has 19 heavy (non-hydrogen) atoms. The summed E-state index contributed by atoms with van der Waals surface area (Å²) in [4.78, 5) is 15.3. The van der Waals surface area contributed by atoms with Gasteiger partial charge >= 0.3 is 51.4 Å². The fourth-order valence-corrected chi connectivity index (χ4v) is 2.03. The Labute approximate surface area is 156 Å². The molecule has 0 bridgehead atoms. The Hall–Kier alpha value is -0.584. The number of benzene rings is 1. The molecule has 0 radical (unpaired) electrons. The zero-order chi connectivity index (χ0) is 13.0. The van der Waals surface area contributed by atoms with Crippen LogP contribution in [0, 0.1) is 18.4 Å². The fourth-order valence-electron chi connectivity index (χ4n) is 2.03. The number of anilines is 1. The number of amides is 2. The SMILES string of the molecule is [CH2-]NC(=O)N1CCN(c2ccc(C#N)cc2)CC1.[K+]. The van der Waals surface area contributed by atoms with Crippen molar-refractivity contribution < 1.29 is 56.2 Å². The van der Waals surface area contributed by atoms with Crippen LogP contribution >= 0.6 is 0 Å². The van der Waals surface area contributed by atoms with Crippen LogP contribution in [0.5, 0.6) is 0 Å². The number of piperazine rings is 1. The van der Waals surface area contributed by atoms with E-state index in [-0.39, 0.29) is 57.4 Å². The Morgan fingerprint density at radius 2 is 1.79 bits per heavy atom. The molecule has 1 fully saturated rings. The average molecular weight is 282 g/mol. The number of hydrogen-bond donors (Lipinski definition) is 1. The second-order valence-electron chi connectivity index (χ2n) is 4.11. The smallest absolute Gasteiger partial charge is 0.490 e. The first-order valence-corrected chi connectivity index (χ1v) is 5.81. The number of nitriles is 1. The Morgan fingerprint density at radius 1 is 1.21 bits per heavy atom. The van der Waals surface area contributed by atoms with Gasteiger partial charge in [0, 0.05) is 31.9 Å². The summed E-state index contributed by atoms with van der Waals surface area (Å²) < 4.78 is 0. The number of rotatable bonds is 1. The maximum absolute atomic E-state index is 11.4. The van der Waals surface area contributed by atoms with Crippen LogP contribution in [0.4, 0.5) is 10.5 Å². The topological polar surface area (TPSA) is 59.4 Å². The Bertz CT molecular complexity index is 461. The van der Waals surface area contributed by atoms with Crippen molar-refractivity contribution in [3.63, 3.8) is 0 Å². The van der Waals surface area contributed by atoms with E-state index in [0.717, 1.165) is 18.8 Å². The minimum absolute atomic E-state index is 0. The molecule has 0 unspecified atom stereocenters. The molecule has 0 saturated carbocycles. The van der Waals surface area contributed by atoms with Gasteiger partial charge in [-0.25, -0.2) is 0 Å². The van der Waals surface area contributed by atoms with Gasteiger partial charge in [0.1, 0.15) is 0 Å². The van der Waals surface area contributed by atoms with E-state index in [1.54, 1.807) is 4.90 Å². The average Bonchev–Trinajstić information content (AvgIpc) is 2.47. The normalized spacial score (nSPS) is 14.3. The quantitative estimate of drug-likeness (QED) is 0.488. The molecular weight excluding hydrogens is 267 g/mol. The van der Waals surface area contributed by atoms with Crippen LogP contribution in [-0.4, -0.2) is 37.1 Å². The van der Waals surface area contributed by atoms with Crippen molar-refractivity contribution in [3.8, 4) is 6.07 Å². The standard InChI is InChI=1S/C13H15N4O.K/c1-15-13(18)17-8-6-16(7-9-17)12-4-2-11(10-14)3-5-12;/h2-5H,1,6-9H2,(H,15,18);/q-1;+1. The van der Waals surface area contributed by atoms with E-state index in [9.17, 15) is 4.79 Å². The molecule has 0 aliphatic carbocycles. The number of nitrogens with one attached hydrogen (secondary N) is 1. The third kappa shape index (κ3) is 4.19. The first-order chi connectivity index (χ1) is 8.74. The molecule has 1 heterocycles. The van der Waals surface area contributed by atoms with Crippen LogP contribution in [0.15, 0.2) is 24.3 Å². The van der Waals surface area contributed by atoms with Gasteiger partial charge in [0.2, 0.25) is 0 Å². The van der Waals surface area contributed by atoms with E-state index in [1.165, 1.54) is 0 Å². The van der Waals surface area contributed by atoms with Crippen molar-refractivity contribution in [2.45, 2.75) is 0 Å². The van der Waals surface area contributed by atoms with Crippen LogP contribution in [-0.2, 0) is 0 Å². The number of carbonyl (C=O) groups excluding carboxylic acids is 1. The summed E-state index contributed by atoms with van der Waals surface area (Å²) in [6.07, 6.45) is 0. The number of nitrogens with zero attached hydrogens (tertiary/aromatic N) is 3. The molecule has 1 aromatic carbocycles.